The van der Waals surface area contributed by atoms with Gasteiger partial charge in [-0.05, 0) is 30.8 Å². The first-order chi connectivity index (χ1) is 16.1. The maximum Gasteiger partial charge on any atom is 0.0762 e. The van der Waals surface area contributed by atoms with E-state index in [-0.39, 0.29) is 6.16 Å². The predicted octanol–water partition coefficient (Wildman–Crippen LogP) is 3.40. The van der Waals surface area contributed by atoms with E-state index in [0.717, 1.165) is 64.2 Å². The topological polar surface area (TPSA) is 137 Å². The molecule has 6 N–H and O–H groups in total. The summed E-state index contributed by atoms with van der Waals surface area (Å²) in [6.07, 6.45) is 15.3. The van der Waals surface area contributed by atoms with E-state index in [1.807, 2.05) is 0 Å². The second kappa shape index (κ2) is 31.0. The Balaban J connectivity index is -0.000000458. The van der Waals surface area contributed by atoms with E-state index in [9.17, 15) is 14.4 Å². The standard InChI is InChI=1S/2C12H27NO.C2H7O3P/c2*1-12(2)8-5-3-4-6-10-14-11-7-9-13;1-2-6(3,4)5/h2*12H,3-11,13H2,1-2H3;2H2,1H3,(H2,3,4,5). The summed E-state index contributed by atoms with van der Waals surface area (Å²) in [4.78, 5) is 18.9. The van der Waals surface area contributed by atoms with Gasteiger partial charge in [0.15, 0.2) is 0 Å². The van der Waals surface area contributed by atoms with Gasteiger partial charge in [-0.3, -0.25) is 0 Å². The molecule has 210 valence electrons. The van der Waals surface area contributed by atoms with Gasteiger partial charge in [0.2, 0.25) is 0 Å². The Morgan fingerprint density at radius 2 is 0.912 bits per heavy atom. The second-order valence-electron chi connectivity index (χ2n) is 9.76. The van der Waals surface area contributed by atoms with Crippen LogP contribution in [0, 0.1) is 11.8 Å². The molecule has 0 saturated carbocycles. The van der Waals surface area contributed by atoms with E-state index in [0.29, 0.717) is 0 Å². The monoisotopic (exact) mass is 512 g/mol. The maximum absolute atomic E-state index is 9.47. The number of hydrogen-bond donors (Lipinski definition) is 2. The fraction of sp³-hybridized carbons (Fsp3) is 1.00. The van der Waals surface area contributed by atoms with Crippen molar-refractivity contribution >= 4 is 7.60 Å². The molecule has 0 aliphatic rings. The van der Waals surface area contributed by atoms with Gasteiger partial charge in [0.25, 0.3) is 0 Å². The van der Waals surface area contributed by atoms with Crippen LogP contribution in [0.1, 0.15) is 112 Å². The summed E-state index contributed by atoms with van der Waals surface area (Å²) in [6, 6.07) is 0. The Kier molecular flexibility index (Phi) is 35.1. The predicted molar refractivity (Wildman–Crippen MR) is 140 cm³/mol. The minimum atomic E-state index is -4.15. The van der Waals surface area contributed by atoms with Crippen molar-refractivity contribution in [2.75, 3.05) is 45.7 Å². The van der Waals surface area contributed by atoms with E-state index < -0.39 is 7.60 Å². The summed E-state index contributed by atoms with van der Waals surface area (Å²) in [7, 11) is -4.15. The summed E-state index contributed by atoms with van der Waals surface area (Å²) in [6.45, 7) is 16.2. The summed E-state index contributed by atoms with van der Waals surface area (Å²) in [5, 5.41) is 0. The zero-order valence-corrected chi connectivity index (χ0v) is 24.4. The molecule has 7 nitrogen and oxygen atoms in total. The van der Waals surface area contributed by atoms with E-state index >= 15 is 0 Å². The van der Waals surface area contributed by atoms with Gasteiger partial charge < -0.3 is 35.3 Å². The second-order valence-corrected chi connectivity index (χ2v) is 11.6. The van der Waals surface area contributed by atoms with Gasteiger partial charge in [-0.2, -0.15) is 0 Å². The Morgan fingerprint density at radius 1 is 0.618 bits per heavy atom. The zero-order chi connectivity index (χ0) is 26.5. The normalized spacial score (nSPS) is 11.3. The van der Waals surface area contributed by atoms with Gasteiger partial charge >= 0.3 is 0 Å². The third kappa shape index (κ3) is 49.2. The molecule has 0 unspecified atom stereocenters. The number of unbranched alkanes of at least 4 members (excludes halogenated alkanes) is 6. The van der Waals surface area contributed by atoms with Crippen molar-refractivity contribution in [3.8, 4) is 0 Å². The first-order valence-electron chi connectivity index (χ1n) is 13.9. The van der Waals surface area contributed by atoms with Gasteiger partial charge in [-0.15, -0.1) is 0 Å². The largest absolute Gasteiger partial charge is 0.811 e. The summed E-state index contributed by atoms with van der Waals surface area (Å²) in [5.41, 5.74) is 7.56. The van der Waals surface area contributed by atoms with Crippen molar-refractivity contribution in [1.82, 2.24) is 0 Å². The Labute approximate surface area is 212 Å². The van der Waals surface area contributed by atoms with Crippen molar-refractivity contribution in [2.45, 2.75) is 112 Å². The van der Waals surface area contributed by atoms with Crippen molar-refractivity contribution in [3.05, 3.63) is 0 Å². The highest BCUT2D eigenvalue weighted by atomic mass is 31.2. The molecular weight excluding hydrogens is 451 g/mol. The van der Waals surface area contributed by atoms with E-state index in [1.54, 1.807) is 0 Å². The Hall–Kier alpha value is -0.0100. The van der Waals surface area contributed by atoms with Crippen LogP contribution in [0.2, 0.25) is 0 Å². The fourth-order valence-corrected chi connectivity index (χ4v) is 2.83. The smallest absolute Gasteiger partial charge is 0.0762 e. The number of rotatable bonds is 21. The lowest BCUT2D eigenvalue weighted by Gasteiger charge is -2.26. The molecule has 34 heavy (non-hydrogen) atoms. The van der Waals surface area contributed by atoms with Gasteiger partial charge in [0.1, 0.15) is 0 Å². The van der Waals surface area contributed by atoms with Crippen LogP contribution in [0.5, 0.6) is 0 Å². The van der Waals surface area contributed by atoms with Crippen molar-refractivity contribution in [3.63, 3.8) is 0 Å². The van der Waals surface area contributed by atoms with Crippen molar-refractivity contribution < 1.29 is 35.3 Å². The maximum atomic E-state index is 9.47. The molecule has 0 heterocycles. The Morgan fingerprint density at radius 3 is 1.18 bits per heavy atom. The molecule has 0 bridgehead atoms. The molecule has 0 aromatic rings. The quantitative estimate of drug-likeness (QED) is 0.179. The number of quaternary nitrogens is 2. The molecule has 0 aliphatic carbocycles. The van der Waals surface area contributed by atoms with Crippen LogP contribution in [0.25, 0.3) is 0 Å². The molecule has 0 fully saturated rings. The molecule has 8 heteroatoms. The highest BCUT2D eigenvalue weighted by molar-refractivity contribution is 7.48. The summed E-state index contributed by atoms with van der Waals surface area (Å²) >= 11 is 0. The fourth-order valence-electron chi connectivity index (χ4n) is 2.83. The van der Waals surface area contributed by atoms with E-state index in [2.05, 4.69) is 39.2 Å². The van der Waals surface area contributed by atoms with Gasteiger partial charge in [0, 0.05) is 26.1 Å². The highest BCUT2D eigenvalue weighted by Crippen LogP contribution is 2.20. The molecule has 0 spiro atoms. The zero-order valence-electron chi connectivity index (χ0n) is 23.5. The molecule has 0 aromatic heterocycles. The van der Waals surface area contributed by atoms with Crippen LogP contribution in [0.4, 0.5) is 0 Å². The van der Waals surface area contributed by atoms with Gasteiger partial charge in [0.05, 0.1) is 26.3 Å². The van der Waals surface area contributed by atoms with Crippen molar-refractivity contribution in [1.29, 1.82) is 0 Å². The molecular formula is C26H61N2O5P. The molecule has 0 aliphatic heterocycles. The molecule has 0 amide bonds. The SMILES string of the molecule is CC(C)CCCCCCOCCC[NH3+].CC(C)CCCCCCOCCC[NH3+].CCP(=O)([O-])[O-]. The van der Waals surface area contributed by atoms with Crippen LogP contribution in [0.15, 0.2) is 0 Å². The summed E-state index contributed by atoms with van der Waals surface area (Å²) in [5.74, 6) is 1.73. The van der Waals surface area contributed by atoms with E-state index in [4.69, 9.17) is 9.47 Å². The first-order valence-corrected chi connectivity index (χ1v) is 15.6. The molecule has 0 radical (unpaired) electrons. The lowest BCUT2D eigenvalue weighted by molar-refractivity contribution is -0.369. The van der Waals surface area contributed by atoms with Gasteiger partial charge in [-0.25, -0.2) is 0 Å². The summed E-state index contributed by atoms with van der Waals surface area (Å²) < 4.78 is 20.4. The minimum Gasteiger partial charge on any atom is -0.811 e. The van der Waals surface area contributed by atoms with Crippen LogP contribution >= 0.6 is 7.60 Å². The van der Waals surface area contributed by atoms with E-state index in [1.165, 1.54) is 71.1 Å². The average molecular weight is 513 g/mol. The first kappa shape index (κ1) is 38.5. The third-order valence-electron chi connectivity index (χ3n) is 5.10. The lowest BCUT2D eigenvalue weighted by Crippen LogP contribution is -2.50. The van der Waals surface area contributed by atoms with Gasteiger partial charge in [-0.1, -0.05) is 93.6 Å². The Bertz CT molecular complexity index is 381. The van der Waals surface area contributed by atoms with Crippen LogP contribution in [-0.4, -0.2) is 45.7 Å². The highest BCUT2D eigenvalue weighted by Gasteiger charge is 1.96. The lowest BCUT2D eigenvalue weighted by atomic mass is 10.0. The van der Waals surface area contributed by atoms with Crippen molar-refractivity contribution in [2.24, 2.45) is 11.8 Å². The minimum absolute atomic E-state index is 0.285. The average Bonchev–Trinajstić information content (AvgIpc) is 2.77. The molecule has 0 aromatic carbocycles. The molecule has 0 saturated heterocycles. The van der Waals surface area contributed by atoms with Crippen LogP contribution in [0.3, 0.4) is 0 Å². The number of ether oxygens (including phenoxy) is 2. The molecule has 0 rings (SSSR count). The van der Waals surface area contributed by atoms with Crippen LogP contribution < -0.4 is 21.3 Å². The molecule has 0 atom stereocenters. The number of hydrogen-bond acceptors (Lipinski definition) is 5. The third-order valence-corrected chi connectivity index (χ3v) is 5.88. The van der Waals surface area contributed by atoms with Crippen LogP contribution in [-0.2, 0) is 14.0 Å².